The first-order chi connectivity index (χ1) is 17.5. The Balaban J connectivity index is 1.16. The van der Waals surface area contributed by atoms with E-state index < -0.39 is 6.04 Å². The number of aliphatic hydroxyl groups is 1. The van der Waals surface area contributed by atoms with Crippen molar-refractivity contribution in [2.75, 3.05) is 13.1 Å². The van der Waals surface area contributed by atoms with Gasteiger partial charge in [0.25, 0.3) is 5.91 Å². The molecule has 1 atom stereocenters. The van der Waals surface area contributed by atoms with Gasteiger partial charge in [-0.3, -0.25) is 9.59 Å². The summed E-state index contributed by atoms with van der Waals surface area (Å²) in [7, 11) is 0. The summed E-state index contributed by atoms with van der Waals surface area (Å²) < 4.78 is 2.11. The molecule has 0 aliphatic carbocycles. The third-order valence-corrected chi connectivity index (χ3v) is 10.2. The number of hydrogen-bond acceptors (Lipinski definition) is 8. The highest BCUT2D eigenvalue weighted by molar-refractivity contribution is 7.39. The minimum Gasteiger partial charge on any atom is -0.511 e. The predicted molar refractivity (Wildman–Crippen MR) is 150 cm³/mol. The van der Waals surface area contributed by atoms with Gasteiger partial charge in [-0.1, -0.05) is 18.7 Å². The van der Waals surface area contributed by atoms with Gasteiger partial charge in [-0.25, -0.2) is 4.98 Å². The number of ketones is 1. The number of rotatable bonds is 10. The van der Waals surface area contributed by atoms with Gasteiger partial charge in [0.05, 0.1) is 25.1 Å². The van der Waals surface area contributed by atoms with Crippen molar-refractivity contribution in [3.63, 3.8) is 0 Å². The van der Waals surface area contributed by atoms with Crippen LogP contribution in [0.15, 0.2) is 48.7 Å². The predicted octanol–water partition coefficient (Wildman–Crippen LogP) is 6.34. The second kappa shape index (κ2) is 11.2. The van der Waals surface area contributed by atoms with Crippen molar-refractivity contribution in [1.29, 1.82) is 0 Å². The zero-order valence-electron chi connectivity index (χ0n) is 19.9. The Labute approximate surface area is 222 Å². The highest BCUT2D eigenvalue weighted by Gasteiger charge is 2.22. The molecule has 6 nitrogen and oxygen atoms in total. The lowest BCUT2D eigenvalue weighted by molar-refractivity contribution is 0.0914. The quantitative estimate of drug-likeness (QED) is 0.162. The van der Waals surface area contributed by atoms with E-state index in [0.29, 0.717) is 5.01 Å². The number of Topliss-reactive ketones (excluding diaryl/α,β-unsaturated/α-hetero) is 1. The standard InChI is InChI=1S/C27H29N3O3S3/c1-16(31)20(29-25(33)26-30-21-4-2-3-5-23(21)35-26)8-9-22(32)24-15-18-14-19(34-27(18)36-24)7-6-17-10-12-28-13-11-17/h2-5,14-15,17,20,28,31H,1,6-13H2,(H,29,33). The summed E-state index contributed by atoms with van der Waals surface area (Å²) >= 11 is 4.63. The molecule has 1 amide bonds. The summed E-state index contributed by atoms with van der Waals surface area (Å²) in [5.74, 6) is 0.286. The SMILES string of the molecule is C=C(O)C(CCC(=O)c1cc2cc(CCC3CCNCC3)sc2s1)NC(=O)c1nc2ccccc2s1. The number of carbonyl (C=O) groups is 2. The van der Waals surface area contributed by atoms with E-state index in [1.807, 2.05) is 30.3 Å². The van der Waals surface area contributed by atoms with E-state index in [1.54, 1.807) is 11.3 Å². The molecule has 36 heavy (non-hydrogen) atoms. The number of piperidine rings is 1. The Kier molecular flexibility index (Phi) is 7.81. The highest BCUT2D eigenvalue weighted by Crippen LogP contribution is 2.35. The molecule has 4 heterocycles. The maximum absolute atomic E-state index is 12.9. The molecule has 5 rings (SSSR count). The fourth-order valence-corrected chi connectivity index (χ4v) is 7.92. The smallest absolute Gasteiger partial charge is 0.280 e. The molecule has 3 aromatic heterocycles. The molecule has 1 unspecified atom stereocenters. The van der Waals surface area contributed by atoms with Crippen molar-refractivity contribution < 1.29 is 14.7 Å². The first-order valence-electron chi connectivity index (χ1n) is 12.3. The van der Waals surface area contributed by atoms with E-state index in [0.717, 1.165) is 45.9 Å². The van der Waals surface area contributed by atoms with Gasteiger partial charge in [0, 0.05) is 16.7 Å². The molecule has 4 aromatic rings. The maximum atomic E-state index is 12.9. The van der Waals surface area contributed by atoms with Crippen LogP contribution in [0.2, 0.25) is 0 Å². The number of thiazole rings is 1. The molecule has 3 N–H and O–H groups in total. The van der Waals surface area contributed by atoms with E-state index in [1.165, 1.54) is 50.8 Å². The van der Waals surface area contributed by atoms with Crippen LogP contribution in [0.5, 0.6) is 0 Å². The van der Waals surface area contributed by atoms with Crippen LogP contribution in [0.25, 0.3) is 19.6 Å². The van der Waals surface area contributed by atoms with E-state index in [2.05, 4.69) is 28.3 Å². The van der Waals surface area contributed by atoms with Crippen LogP contribution in [0.1, 0.15) is 56.5 Å². The van der Waals surface area contributed by atoms with Crippen LogP contribution in [-0.2, 0) is 6.42 Å². The summed E-state index contributed by atoms with van der Waals surface area (Å²) in [6.45, 7) is 5.86. The van der Waals surface area contributed by atoms with Crippen LogP contribution < -0.4 is 10.6 Å². The largest absolute Gasteiger partial charge is 0.511 e. The van der Waals surface area contributed by atoms with E-state index >= 15 is 0 Å². The number of amides is 1. The van der Waals surface area contributed by atoms with Gasteiger partial charge in [0.2, 0.25) is 0 Å². The summed E-state index contributed by atoms with van der Waals surface area (Å²) in [4.78, 5) is 32.1. The van der Waals surface area contributed by atoms with Gasteiger partial charge in [-0.05, 0) is 75.4 Å². The Morgan fingerprint density at radius 3 is 2.72 bits per heavy atom. The molecule has 1 aromatic carbocycles. The number of para-hydroxylation sites is 1. The lowest BCUT2D eigenvalue weighted by Gasteiger charge is -2.22. The molecule has 1 aliphatic rings. The number of aromatic nitrogens is 1. The third kappa shape index (κ3) is 5.86. The van der Waals surface area contributed by atoms with Crippen molar-refractivity contribution in [2.24, 2.45) is 5.92 Å². The molecule has 188 valence electrons. The first kappa shape index (κ1) is 25.1. The fourth-order valence-electron chi connectivity index (χ4n) is 4.58. The number of aryl methyl sites for hydroxylation is 1. The molecular formula is C27H29N3O3S3. The summed E-state index contributed by atoms with van der Waals surface area (Å²) in [6, 6.07) is 11.0. The molecule has 0 bridgehead atoms. The van der Waals surface area contributed by atoms with E-state index in [4.69, 9.17) is 0 Å². The van der Waals surface area contributed by atoms with E-state index in [-0.39, 0.29) is 30.3 Å². The number of benzene rings is 1. The number of thiophene rings is 2. The maximum Gasteiger partial charge on any atom is 0.280 e. The van der Waals surface area contributed by atoms with Crippen LogP contribution in [0.3, 0.4) is 0 Å². The fraction of sp³-hybridized carbons (Fsp3) is 0.370. The summed E-state index contributed by atoms with van der Waals surface area (Å²) in [5.41, 5.74) is 0.759. The van der Waals surface area contributed by atoms with Gasteiger partial charge >= 0.3 is 0 Å². The number of carbonyl (C=O) groups excluding carboxylic acids is 2. The zero-order valence-corrected chi connectivity index (χ0v) is 22.4. The van der Waals surface area contributed by atoms with Crippen molar-refractivity contribution in [3.05, 3.63) is 63.5 Å². The van der Waals surface area contributed by atoms with Crippen molar-refractivity contribution >= 4 is 65.3 Å². The summed E-state index contributed by atoms with van der Waals surface area (Å²) in [5, 5.41) is 17.7. The minimum absolute atomic E-state index is 0.0140. The molecule has 9 heteroatoms. The molecule has 1 saturated heterocycles. The Morgan fingerprint density at radius 2 is 1.97 bits per heavy atom. The van der Waals surface area contributed by atoms with Crippen molar-refractivity contribution in [2.45, 2.75) is 44.6 Å². The number of nitrogens with one attached hydrogen (secondary N) is 2. The van der Waals surface area contributed by atoms with Gasteiger partial charge in [0.15, 0.2) is 10.8 Å². The second-order valence-electron chi connectivity index (χ2n) is 9.26. The van der Waals surface area contributed by atoms with Gasteiger partial charge in [0.1, 0.15) is 5.76 Å². The number of hydrogen-bond donors (Lipinski definition) is 3. The van der Waals surface area contributed by atoms with Crippen LogP contribution in [0.4, 0.5) is 0 Å². The topological polar surface area (TPSA) is 91.3 Å². The van der Waals surface area contributed by atoms with Crippen LogP contribution in [0, 0.1) is 5.92 Å². The average Bonchev–Trinajstić information content (AvgIpc) is 3.58. The average molecular weight is 540 g/mol. The number of fused-ring (bicyclic) bond motifs is 2. The molecule has 0 spiro atoms. The lowest BCUT2D eigenvalue weighted by Crippen LogP contribution is -2.36. The molecule has 1 fully saturated rings. The normalized spacial score (nSPS) is 15.3. The molecular weight excluding hydrogens is 511 g/mol. The highest BCUT2D eigenvalue weighted by atomic mass is 32.2. The Hall–Kier alpha value is -2.59. The number of nitrogens with zero attached hydrogens (tertiary/aromatic N) is 1. The minimum atomic E-state index is -0.712. The summed E-state index contributed by atoms with van der Waals surface area (Å²) in [6.07, 6.45) is 5.35. The number of aliphatic hydroxyl groups excluding tert-OH is 1. The van der Waals surface area contributed by atoms with Crippen LogP contribution >= 0.6 is 34.0 Å². The molecule has 1 aliphatic heterocycles. The Bertz CT molecular complexity index is 1330. The van der Waals surface area contributed by atoms with Crippen molar-refractivity contribution in [3.8, 4) is 0 Å². The monoisotopic (exact) mass is 539 g/mol. The zero-order chi connectivity index (χ0) is 25.1. The first-order valence-corrected chi connectivity index (χ1v) is 14.7. The second-order valence-corrected chi connectivity index (χ2v) is 12.7. The lowest BCUT2D eigenvalue weighted by atomic mass is 9.93. The molecule has 0 saturated carbocycles. The van der Waals surface area contributed by atoms with Crippen LogP contribution in [-0.4, -0.2) is 40.9 Å². The van der Waals surface area contributed by atoms with Gasteiger partial charge in [-0.2, -0.15) is 0 Å². The third-order valence-electron chi connectivity index (χ3n) is 6.65. The van der Waals surface area contributed by atoms with Gasteiger partial charge < -0.3 is 15.7 Å². The van der Waals surface area contributed by atoms with Crippen molar-refractivity contribution in [1.82, 2.24) is 15.6 Å². The molecule has 0 radical (unpaired) electrons. The Morgan fingerprint density at radius 1 is 1.17 bits per heavy atom. The van der Waals surface area contributed by atoms with E-state index in [9.17, 15) is 14.7 Å². The van der Waals surface area contributed by atoms with Gasteiger partial charge in [-0.15, -0.1) is 34.0 Å².